The van der Waals surface area contributed by atoms with Gasteiger partial charge in [-0.05, 0) is 30.8 Å². The Morgan fingerprint density at radius 3 is 2.43 bits per heavy atom. The van der Waals surface area contributed by atoms with Crippen molar-refractivity contribution < 1.29 is 22.3 Å². The Morgan fingerprint density at radius 2 is 1.76 bits per heavy atom. The van der Waals surface area contributed by atoms with Crippen LogP contribution in [0.15, 0.2) is 42.5 Å². The third-order valence-corrected chi connectivity index (χ3v) is 2.81. The molecule has 0 saturated heterocycles. The summed E-state index contributed by atoms with van der Waals surface area (Å²) < 4.78 is 55.1. The standard InChI is InChI=1S/C15H13F4NO/c1-20-9-10-6-7-13(16)12(8-10)11-4-2-3-5-14(11)21-15(17,18)19/h2-8,20H,9H2,1H3. The fourth-order valence-corrected chi connectivity index (χ4v) is 2.00. The molecule has 2 aromatic carbocycles. The number of hydrogen-bond acceptors (Lipinski definition) is 2. The maximum atomic E-state index is 14.0. The van der Waals surface area contributed by atoms with Crippen molar-refractivity contribution >= 4 is 0 Å². The molecular weight excluding hydrogens is 286 g/mol. The van der Waals surface area contributed by atoms with Crippen LogP contribution in [0.4, 0.5) is 17.6 Å². The van der Waals surface area contributed by atoms with Gasteiger partial charge in [-0.3, -0.25) is 0 Å². The van der Waals surface area contributed by atoms with Gasteiger partial charge < -0.3 is 10.1 Å². The van der Waals surface area contributed by atoms with Crippen LogP contribution in [0.3, 0.4) is 0 Å². The molecule has 0 fully saturated rings. The van der Waals surface area contributed by atoms with E-state index in [9.17, 15) is 17.6 Å². The molecule has 0 heterocycles. The van der Waals surface area contributed by atoms with Crippen LogP contribution in [0.2, 0.25) is 0 Å². The first-order valence-electron chi connectivity index (χ1n) is 6.19. The molecule has 0 aliphatic heterocycles. The zero-order valence-corrected chi connectivity index (χ0v) is 11.2. The molecular formula is C15H13F4NO. The lowest BCUT2D eigenvalue weighted by atomic mass is 10.0. The van der Waals surface area contributed by atoms with Crippen molar-refractivity contribution in [1.29, 1.82) is 0 Å². The van der Waals surface area contributed by atoms with Gasteiger partial charge in [0.2, 0.25) is 0 Å². The van der Waals surface area contributed by atoms with Crippen molar-refractivity contribution in [2.75, 3.05) is 7.05 Å². The van der Waals surface area contributed by atoms with Crippen LogP contribution in [0, 0.1) is 5.82 Å². The van der Waals surface area contributed by atoms with Gasteiger partial charge in [-0.15, -0.1) is 13.2 Å². The number of ether oxygens (including phenoxy) is 1. The first-order valence-corrected chi connectivity index (χ1v) is 6.19. The molecule has 0 bridgehead atoms. The molecule has 2 rings (SSSR count). The number of para-hydroxylation sites is 1. The van der Waals surface area contributed by atoms with E-state index in [1.165, 1.54) is 30.3 Å². The van der Waals surface area contributed by atoms with Crippen molar-refractivity contribution in [3.63, 3.8) is 0 Å². The van der Waals surface area contributed by atoms with Crippen LogP contribution < -0.4 is 10.1 Å². The molecule has 6 heteroatoms. The molecule has 2 aromatic rings. The summed E-state index contributed by atoms with van der Waals surface area (Å²) in [6, 6.07) is 9.79. The number of alkyl halides is 3. The van der Waals surface area contributed by atoms with E-state index in [2.05, 4.69) is 10.1 Å². The van der Waals surface area contributed by atoms with Crippen LogP contribution in [0.1, 0.15) is 5.56 Å². The van der Waals surface area contributed by atoms with Crippen molar-refractivity contribution in [3.8, 4) is 16.9 Å². The summed E-state index contributed by atoms with van der Waals surface area (Å²) in [4.78, 5) is 0. The van der Waals surface area contributed by atoms with E-state index in [0.717, 1.165) is 11.6 Å². The van der Waals surface area contributed by atoms with Gasteiger partial charge >= 0.3 is 6.36 Å². The van der Waals surface area contributed by atoms with E-state index in [4.69, 9.17) is 0 Å². The second-order valence-electron chi connectivity index (χ2n) is 4.39. The van der Waals surface area contributed by atoms with Gasteiger partial charge in [0.25, 0.3) is 0 Å². The van der Waals surface area contributed by atoms with Gasteiger partial charge in [-0.25, -0.2) is 4.39 Å². The van der Waals surface area contributed by atoms with Crippen LogP contribution in [0.25, 0.3) is 11.1 Å². The molecule has 0 aliphatic rings. The van der Waals surface area contributed by atoms with Crippen LogP contribution in [-0.4, -0.2) is 13.4 Å². The van der Waals surface area contributed by atoms with Gasteiger partial charge in [-0.2, -0.15) is 0 Å². The molecule has 2 nitrogen and oxygen atoms in total. The number of benzene rings is 2. The predicted molar refractivity (Wildman–Crippen MR) is 71.3 cm³/mol. The highest BCUT2D eigenvalue weighted by Gasteiger charge is 2.32. The maximum Gasteiger partial charge on any atom is 0.573 e. The molecule has 21 heavy (non-hydrogen) atoms. The third kappa shape index (κ3) is 3.95. The zero-order valence-electron chi connectivity index (χ0n) is 11.2. The molecule has 0 aliphatic carbocycles. The van der Waals surface area contributed by atoms with E-state index in [1.54, 1.807) is 13.1 Å². The molecule has 0 aromatic heterocycles. The van der Waals surface area contributed by atoms with Gasteiger partial charge in [0.05, 0.1) is 0 Å². The Hall–Kier alpha value is -2.08. The summed E-state index contributed by atoms with van der Waals surface area (Å²) in [5.41, 5.74) is 0.892. The molecule has 112 valence electrons. The zero-order chi connectivity index (χ0) is 15.5. The van der Waals surface area contributed by atoms with Crippen molar-refractivity contribution in [2.24, 2.45) is 0 Å². The first kappa shape index (κ1) is 15.3. The quantitative estimate of drug-likeness (QED) is 0.858. The lowest BCUT2D eigenvalue weighted by Crippen LogP contribution is -2.17. The van der Waals surface area contributed by atoms with Crippen LogP contribution in [-0.2, 0) is 6.54 Å². The molecule has 0 unspecified atom stereocenters. The smallest absolute Gasteiger partial charge is 0.405 e. The van der Waals surface area contributed by atoms with Crippen LogP contribution >= 0.6 is 0 Å². The minimum atomic E-state index is -4.82. The van der Waals surface area contributed by atoms with E-state index in [1.807, 2.05) is 0 Å². The van der Waals surface area contributed by atoms with Gasteiger partial charge in [0.15, 0.2) is 0 Å². The fourth-order valence-electron chi connectivity index (χ4n) is 2.00. The molecule has 0 atom stereocenters. The highest BCUT2D eigenvalue weighted by Crippen LogP contribution is 2.35. The Bertz CT molecular complexity index is 625. The Kier molecular flexibility index (Phi) is 4.47. The summed E-state index contributed by atoms with van der Waals surface area (Å²) in [6.07, 6.45) is -4.82. The molecule has 0 amide bonds. The van der Waals surface area contributed by atoms with E-state index < -0.39 is 17.9 Å². The summed E-state index contributed by atoms with van der Waals surface area (Å²) in [6.45, 7) is 0.482. The van der Waals surface area contributed by atoms with Crippen LogP contribution in [0.5, 0.6) is 5.75 Å². The Morgan fingerprint density at radius 1 is 1.05 bits per heavy atom. The Labute approximate surface area is 119 Å². The van der Waals surface area contributed by atoms with Gasteiger partial charge in [-0.1, -0.05) is 24.3 Å². The number of hydrogen-bond donors (Lipinski definition) is 1. The minimum absolute atomic E-state index is 0.0604. The highest BCUT2D eigenvalue weighted by molar-refractivity contribution is 5.71. The van der Waals surface area contributed by atoms with Gasteiger partial charge in [0.1, 0.15) is 11.6 Å². The topological polar surface area (TPSA) is 21.3 Å². The summed E-state index contributed by atoms with van der Waals surface area (Å²) in [5, 5.41) is 2.90. The number of rotatable bonds is 4. The number of halogens is 4. The molecule has 1 N–H and O–H groups in total. The second-order valence-corrected chi connectivity index (χ2v) is 4.39. The minimum Gasteiger partial charge on any atom is -0.405 e. The molecule has 0 spiro atoms. The normalized spacial score (nSPS) is 11.5. The average molecular weight is 299 g/mol. The van der Waals surface area contributed by atoms with Crippen molar-refractivity contribution in [2.45, 2.75) is 12.9 Å². The monoisotopic (exact) mass is 299 g/mol. The lowest BCUT2D eigenvalue weighted by molar-refractivity contribution is -0.274. The Balaban J connectivity index is 2.49. The number of nitrogens with one attached hydrogen (secondary N) is 1. The van der Waals surface area contributed by atoms with Gasteiger partial charge in [0, 0.05) is 17.7 Å². The van der Waals surface area contributed by atoms with E-state index in [-0.39, 0.29) is 11.1 Å². The maximum absolute atomic E-state index is 14.0. The predicted octanol–water partition coefficient (Wildman–Crippen LogP) is 4.11. The van der Waals surface area contributed by atoms with Crippen molar-refractivity contribution in [1.82, 2.24) is 5.32 Å². The van der Waals surface area contributed by atoms with Crippen molar-refractivity contribution in [3.05, 3.63) is 53.8 Å². The van der Waals surface area contributed by atoms with E-state index in [0.29, 0.717) is 6.54 Å². The summed E-state index contributed by atoms with van der Waals surface area (Å²) in [7, 11) is 1.73. The molecule has 0 saturated carbocycles. The highest BCUT2D eigenvalue weighted by atomic mass is 19.4. The average Bonchev–Trinajstić information content (AvgIpc) is 2.40. The summed E-state index contributed by atoms with van der Waals surface area (Å²) in [5.74, 6) is -1.03. The molecule has 0 radical (unpaired) electrons. The second kappa shape index (κ2) is 6.13. The fraction of sp³-hybridized carbons (Fsp3) is 0.200. The third-order valence-electron chi connectivity index (χ3n) is 2.81. The first-order chi connectivity index (χ1) is 9.90. The summed E-state index contributed by atoms with van der Waals surface area (Å²) >= 11 is 0. The SMILES string of the molecule is CNCc1ccc(F)c(-c2ccccc2OC(F)(F)F)c1. The van der Waals surface area contributed by atoms with E-state index >= 15 is 0 Å². The lowest BCUT2D eigenvalue weighted by Gasteiger charge is -2.14. The largest absolute Gasteiger partial charge is 0.573 e.